The smallest absolute Gasteiger partial charge is 0.329 e. The summed E-state index contributed by atoms with van der Waals surface area (Å²) in [5.41, 5.74) is -0.0928. The fraction of sp³-hybridized carbons (Fsp3) is 0.455. The van der Waals surface area contributed by atoms with Crippen molar-refractivity contribution >= 4 is 16.7 Å². The van der Waals surface area contributed by atoms with Crippen LogP contribution in [0.15, 0.2) is 44.7 Å². The van der Waals surface area contributed by atoms with Gasteiger partial charge < -0.3 is 4.90 Å². The number of anilines is 1. The zero-order valence-electron chi connectivity index (χ0n) is 17.0. The van der Waals surface area contributed by atoms with Gasteiger partial charge in [0.1, 0.15) is 11.6 Å². The Hall–Kier alpha value is -3.16. The van der Waals surface area contributed by atoms with E-state index >= 15 is 0 Å². The van der Waals surface area contributed by atoms with E-state index in [1.54, 1.807) is 0 Å². The third-order valence-electron chi connectivity index (χ3n) is 6.52. The summed E-state index contributed by atoms with van der Waals surface area (Å²) in [6, 6.07) is 8.92. The molecule has 3 aromatic rings. The Bertz CT molecular complexity index is 1250. The van der Waals surface area contributed by atoms with Gasteiger partial charge in [-0.1, -0.05) is 25.0 Å². The minimum absolute atomic E-state index is 0.00631. The van der Waals surface area contributed by atoms with Crippen LogP contribution in [0.1, 0.15) is 56.4 Å². The van der Waals surface area contributed by atoms with Crippen LogP contribution in [-0.4, -0.2) is 25.6 Å². The minimum Gasteiger partial charge on any atom is -0.348 e. The molecule has 1 N–H and O–H groups in total. The largest absolute Gasteiger partial charge is 0.348 e. The maximum Gasteiger partial charge on any atom is 0.329 e. The number of hydrogen-bond acceptors (Lipinski definition) is 5. The Morgan fingerprint density at radius 3 is 2.57 bits per heavy atom. The zero-order chi connectivity index (χ0) is 20.8. The number of nitrogens with zero attached hydrogens (tertiary/aromatic N) is 4. The quantitative estimate of drug-likeness (QED) is 0.719. The molecule has 1 saturated carbocycles. The van der Waals surface area contributed by atoms with Gasteiger partial charge in [-0.25, -0.2) is 9.78 Å². The fourth-order valence-corrected chi connectivity index (χ4v) is 4.94. The SMILES string of the molecule is Cn1c(=O)cc(N2CCCC2c2nc3ccccc3c(=O)n2C2CCCC2)[nH]c1=O. The predicted octanol–water partition coefficient (Wildman–Crippen LogP) is 2.24. The third-order valence-corrected chi connectivity index (χ3v) is 6.52. The molecule has 30 heavy (non-hydrogen) atoms. The molecule has 8 nitrogen and oxygen atoms in total. The fourth-order valence-electron chi connectivity index (χ4n) is 4.94. The first-order valence-electron chi connectivity index (χ1n) is 10.6. The standard InChI is InChI=1S/C22H25N5O3/c1-25-19(28)13-18(24-22(25)30)26-12-6-11-17(26)20-23-16-10-5-4-9-15(16)21(29)27(20)14-7-2-3-8-14/h4-5,9-10,13-14,17H,2-3,6-8,11-12H2,1H3,(H,24,30). The van der Waals surface area contributed by atoms with Crippen molar-refractivity contribution in [2.75, 3.05) is 11.4 Å². The van der Waals surface area contributed by atoms with E-state index in [-0.39, 0.29) is 23.2 Å². The first-order valence-corrected chi connectivity index (χ1v) is 10.6. The highest BCUT2D eigenvalue weighted by atomic mass is 16.2. The molecule has 2 aliphatic rings. The van der Waals surface area contributed by atoms with Gasteiger partial charge in [0.15, 0.2) is 0 Å². The summed E-state index contributed by atoms with van der Waals surface area (Å²) in [5, 5.41) is 0.639. The maximum atomic E-state index is 13.5. The van der Waals surface area contributed by atoms with Crippen LogP contribution in [0.25, 0.3) is 10.9 Å². The number of aromatic amines is 1. The number of H-pyrrole nitrogens is 1. The molecule has 1 aromatic carbocycles. The molecule has 1 aliphatic heterocycles. The van der Waals surface area contributed by atoms with E-state index in [0.717, 1.165) is 48.9 Å². The number of nitrogens with one attached hydrogen (secondary N) is 1. The number of hydrogen-bond donors (Lipinski definition) is 1. The van der Waals surface area contributed by atoms with E-state index in [1.807, 2.05) is 33.7 Å². The van der Waals surface area contributed by atoms with Crippen LogP contribution < -0.4 is 21.7 Å². The molecule has 0 bridgehead atoms. The number of aromatic nitrogens is 4. The molecule has 1 aliphatic carbocycles. The second-order valence-corrected chi connectivity index (χ2v) is 8.31. The zero-order valence-corrected chi connectivity index (χ0v) is 17.0. The van der Waals surface area contributed by atoms with Gasteiger partial charge >= 0.3 is 5.69 Å². The molecular weight excluding hydrogens is 382 g/mol. The normalized spacial score (nSPS) is 19.8. The van der Waals surface area contributed by atoms with E-state index in [0.29, 0.717) is 23.3 Å². The Morgan fingerprint density at radius 1 is 1.03 bits per heavy atom. The first kappa shape index (κ1) is 18.8. The monoisotopic (exact) mass is 407 g/mol. The third kappa shape index (κ3) is 2.98. The summed E-state index contributed by atoms with van der Waals surface area (Å²) < 4.78 is 2.95. The molecule has 2 fully saturated rings. The van der Waals surface area contributed by atoms with Gasteiger partial charge in [0.25, 0.3) is 11.1 Å². The topological polar surface area (TPSA) is 93.0 Å². The first-order chi connectivity index (χ1) is 14.5. The number of fused-ring (bicyclic) bond motifs is 1. The van der Waals surface area contributed by atoms with Crippen LogP contribution >= 0.6 is 0 Å². The lowest BCUT2D eigenvalue weighted by atomic mass is 10.1. The Labute approximate surface area is 172 Å². The van der Waals surface area contributed by atoms with Crippen LogP contribution in [0.4, 0.5) is 5.82 Å². The lowest BCUT2D eigenvalue weighted by molar-refractivity contribution is 0.454. The van der Waals surface area contributed by atoms with Crippen molar-refractivity contribution < 1.29 is 0 Å². The summed E-state index contributed by atoms with van der Waals surface area (Å²) >= 11 is 0. The Balaban J connectivity index is 1.69. The highest BCUT2D eigenvalue weighted by Gasteiger charge is 2.34. The second-order valence-electron chi connectivity index (χ2n) is 8.31. The van der Waals surface area contributed by atoms with Crippen molar-refractivity contribution in [3.05, 3.63) is 67.3 Å². The van der Waals surface area contributed by atoms with Crippen LogP contribution in [-0.2, 0) is 7.05 Å². The summed E-state index contributed by atoms with van der Waals surface area (Å²) in [4.78, 5) is 47.7. The maximum absolute atomic E-state index is 13.5. The van der Waals surface area contributed by atoms with E-state index < -0.39 is 5.69 Å². The van der Waals surface area contributed by atoms with E-state index in [9.17, 15) is 14.4 Å². The van der Waals surface area contributed by atoms with Crippen molar-refractivity contribution in [1.29, 1.82) is 0 Å². The van der Waals surface area contributed by atoms with Gasteiger partial charge in [0.2, 0.25) is 0 Å². The molecular formula is C22H25N5O3. The Kier molecular flexibility index (Phi) is 4.56. The highest BCUT2D eigenvalue weighted by molar-refractivity contribution is 5.77. The van der Waals surface area contributed by atoms with Crippen LogP contribution in [0.2, 0.25) is 0 Å². The van der Waals surface area contributed by atoms with Crippen LogP contribution in [0, 0.1) is 0 Å². The predicted molar refractivity (Wildman–Crippen MR) is 115 cm³/mol. The molecule has 0 spiro atoms. The van der Waals surface area contributed by atoms with Gasteiger partial charge in [-0.15, -0.1) is 0 Å². The van der Waals surface area contributed by atoms with E-state index in [2.05, 4.69) is 4.98 Å². The van der Waals surface area contributed by atoms with Crippen molar-refractivity contribution in [2.45, 2.75) is 50.6 Å². The second kappa shape index (κ2) is 7.27. The summed E-state index contributed by atoms with van der Waals surface area (Å²) in [6.45, 7) is 0.696. The Morgan fingerprint density at radius 2 is 1.80 bits per heavy atom. The average Bonchev–Trinajstić information content (AvgIpc) is 3.43. The number of rotatable bonds is 3. The number of para-hydroxylation sites is 1. The minimum atomic E-state index is -0.442. The molecule has 8 heteroatoms. The van der Waals surface area contributed by atoms with Crippen LogP contribution in [0.3, 0.4) is 0 Å². The molecule has 5 rings (SSSR count). The molecule has 2 aromatic heterocycles. The molecule has 3 heterocycles. The summed E-state index contributed by atoms with van der Waals surface area (Å²) in [5.74, 6) is 1.23. The molecule has 1 unspecified atom stereocenters. The molecule has 156 valence electrons. The van der Waals surface area contributed by atoms with Crippen LogP contribution in [0.5, 0.6) is 0 Å². The molecule has 0 radical (unpaired) electrons. The molecule has 1 atom stereocenters. The van der Waals surface area contributed by atoms with Crippen molar-refractivity contribution in [1.82, 2.24) is 19.1 Å². The summed E-state index contributed by atoms with van der Waals surface area (Å²) in [7, 11) is 1.45. The summed E-state index contributed by atoms with van der Waals surface area (Å²) in [6.07, 6.45) is 5.88. The van der Waals surface area contributed by atoms with E-state index in [1.165, 1.54) is 13.1 Å². The number of benzene rings is 1. The lowest BCUT2D eigenvalue weighted by Crippen LogP contribution is -2.38. The molecule has 0 amide bonds. The van der Waals surface area contributed by atoms with Gasteiger partial charge in [0.05, 0.1) is 16.9 Å². The van der Waals surface area contributed by atoms with Crippen molar-refractivity contribution in [2.24, 2.45) is 7.05 Å². The lowest BCUT2D eigenvalue weighted by Gasteiger charge is -2.29. The van der Waals surface area contributed by atoms with Gasteiger partial charge in [-0.2, -0.15) is 0 Å². The van der Waals surface area contributed by atoms with Gasteiger partial charge in [-0.3, -0.25) is 23.7 Å². The van der Waals surface area contributed by atoms with E-state index in [4.69, 9.17) is 4.98 Å². The van der Waals surface area contributed by atoms with Gasteiger partial charge in [-0.05, 0) is 37.8 Å². The van der Waals surface area contributed by atoms with Crippen molar-refractivity contribution in [3.63, 3.8) is 0 Å². The highest BCUT2D eigenvalue weighted by Crippen LogP contribution is 2.37. The van der Waals surface area contributed by atoms with Crippen molar-refractivity contribution in [3.8, 4) is 0 Å². The average molecular weight is 407 g/mol. The van der Waals surface area contributed by atoms with Gasteiger partial charge in [0, 0.05) is 25.7 Å². The molecule has 1 saturated heterocycles.